The molecule has 19 heavy (non-hydrogen) atoms. The Kier molecular flexibility index (Phi) is 6.02. The summed E-state index contributed by atoms with van der Waals surface area (Å²) in [7, 11) is -1.36. The van der Waals surface area contributed by atoms with E-state index in [2.05, 4.69) is 56.9 Å². The Bertz CT molecular complexity index is 415. The Balaban J connectivity index is 2.88. The standard InChI is InChI=1S/C17H28OSi/c1-6-16(18)14(2)17(19(3,4)5)13-12-15-10-8-7-9-11-15/h7-11,16,18H,6,12-13H2,1-5H3. The van der Waals surface area contributed by atoms with Gasteiger partial charge in [-0.05, 0) is 37.3 Å². The molecule has 0 saturated carbocycles. The summed E-state index contributed by atoms with van der Waals surface area (Å²) in [4.78, 5) is 0. The van der Waals surface area contributed by atoms with Crippen molar-refractivity contribution >= 4 is 8.07 Å². The molecule has 1 rings (SSSR count). The number of aliphatic hydroxyl groups is 1. The van der Waals surface area contributed by atoms with Crippen LogP contribution in [0.4, 0.5) is 0 Å². The van der Waals surface area contributed by atoms with E-state index >= 15 is 0 Å². The number of aryl methyl sites for hydroxylation is 1. The second kappa shape index (κ2) is 7.06. The van der Waals surface area contributed by atoms with Crippen molar-refractivity contribution in [2.24, 2.45) is 0 Å². The first-order chi connectivity index (χ1) is 8.86. The highest BCUT2D eigenvalue weighted by Gasteiger charge is 2.23. The molecule has 0 amide bonds. The van der Waals surface area contributed by atoms with Gasteiger partial charge in [-0.15, -0.1) is 0 Å². The van der Waals surface area contributed by atoms with Crippen LogP contribution in [0.5, 0.6) is 0 Å². The lowest BCUT2D eigenvalue weighted by atomic mass is 10.0. The fourth-order valence-corrected chi connectivity index (χ4v) is 4.81. The van der Waals surface area contributed by atoms with Crippen molar-refractivity contribution in [3.63, 3.8) is 0 Å². The highest BCUT2D eigenvalue weighted by atomic mass is 28.3. The minimum Gasteiger partial charge on any atom is -0.389 e. The van der Waals surface area contributed by atoms with E-state index in [0.29, 0.717) is 0 Å². The molecule has 0 aliphatic heterocycles. The lowest BCUT2D eigenvalue weighted by Gasteiger charge is -2.26. The van der Waals surface area contributed by atoms with Gasteiger partial charge in [-0.2, -0.15) is 0 Å². The molecular weight excluding hydrogens is 248 g/mol. The van der Waals surface area contributed by atoms with Crippen molar-refractivity contribution in [1.82, 2.24) is 0 Å². The number of hydrogen-bond acceptors (Lipinski definition) is 1. The summed E-state index contributed by atoms with van der Waals surface area (Å²) >= 11 is 0. The molecule has 0 aliphatic carbocycles. The van der Waals surface area contributed by atoms with Crippen molar-refractivity contribution in [2.45, 2.75) is 58.9 Å². The maximum atomic E-state index is 10.1. The minimum absolute atomic E-state index is 0.266. The Morgan fingerprint density at radius 2 is 1.74 bits per heavy atom. The third-order valence-corrected chi connectivity index (χ3v) is 6.23. The van der Waals surface area contributed by atoms with E-state index in [0.717, 1.165) is 19.3 Å². The molecule has 0 radical (unpaired) electrons. The van der Waals surface area contributed by atoms with Crippen LogP contribution in [0.3, 0.4) is 0 Å². The fourth-order valence-electron chi connectivity index (χ4n) is 2.58. The van der Waals surface area contributed by atoms with E-state index in [1.807, 2.05) is 6.92 Å². The van der Waals surface area contributed by atoms with Crippen LogP contribution in [0.15, 0.2) is 41.1 Å². The zero-order chi connectivity index (χ0) is 14.5. The average Bonchev–Trinajstić information content (AvgIpc) is 2.37. The number of hydrogen-bond donors (Lipinski definition) is 1. The molecule has 1 atom stereocenters. The van der Waals surface area contributed by atoms with E-state index in [1.165, 1.54) is 16.3 Å². The van der Waals surface area contributed by atoms with Gasteiger partial charge in [0.15, 0.2) is 0 Å². The van der Waals surface area contributed by atoms with Crippen LogP contribution >= 0.6 is 0 Å². The zero-order valence-corrected chi connectivity index (χ0v) is 14.0. The molecular formula is C17H28OSi. The summed E-state index contributed by atoms with van der Waals surface area (Å²) in [6.45, 7) is 11.3. The highest BCUT2D eigenvalue weighted by Crippen LogP contribution is 2.26. The van der Waals surface area contributed by atoms with E-state index in [1.54, 1.807) is 0 Å². The molecule has 2 heteroatoms. The normalized spacial score (nSPS) is 15.1. The Morgan fingerprint density at radius 1 is 1.16 bits per heavy atom. The van der Waals surface area contributed by atoms with Gasteiger partial charge in [-0.3, -0.25) is 0 Å². The highest BCUT2D eigenvalue weighted by molar-refractivity contribution is 6.83. The molecule has 0 heterocycles. The Morgan fingerprint density at radius 3 is 2.21 bits per heavy atom. The summed E-state index contributed by atoms with van der Waals surface area (Å²) in [6, 6.07) is 10.6. The van der Waals surface area contributed by atoms with Gasteiger partial charge in [-0.25, -0.2) is 0 Å². The average molecular weight is 276 g/mol. The van der Waals surface area contributed by atoms with E-state index in [-0.39, 0.29) is 6.10 Å². The largest absolute Gasteiger partial charge is 0.389 e. The van der Waals surface area contributed by atoms with Gasteiger partial charge >= 0.3 is 0 Å². The van der Waals surface area contributed by atoms with Crippen LogP contribution in [0.25, 0.3) is 0 Å². The Labute approximate surface area is 119 Å². The molecule has 106 valence electrons. The topological polar surface area (TPSA) is 20.2 Å². The van der Waals surface area contributed by atoms with Gasteiger partial charge in [0.25, 0.3) is 0 Å². The van der Waals surface area contributed by atoms with E-state index in [4.69, 9.17) is 0 Å². The van der Waals surface area contributed by atoms with Gasteiger partial charge in [0, 0.05) is 0 Å². The van der Waals surface area contributed by atoms with Gasteiger partial charge in [0.05, 0.1) is 14.2 Å². The van der Waals surface area contributed by atoms with Crippen LogP contribution in [-0.4, -0.2) is 19.3 Å². The number of allylic oxidation sites excluding steroid dienone is 1. The summed E-state index contributed by atoms with van der Waals surface area (Å²) in [5.74, 6) is 0. The predicted octanol–water partition coefficient (Wildman–Crippen LogP) is 4.58. The predicted molar refractivity (Wildman–Crippen MR) is 87.1 cm³/mol. The number of aliphatic hydroxyl groups excluding tert-OH is 1. The molecule has 1 unspecified atom stereocenters. The van der Waals surface area contributed by atoms with Crippen molar-refractivity contribution in [1.29, 1.82) is 0 Å². The smallest absolute Gasteiger partial charge is 0.0743 e. The SMILES string of the molecule is CCC(O)C(C)=C(CCc1ccccc1)[Si](C)(C)C. The molecule has 1 aromatic rings. The lowest BCUT2D eigenvalue weighted by molar-refractivity contribution is 0.205. The minimum atomic E-state index is -1.36. The van der Waals surface area contributed by atoms with E-state index < -0.39 is 8.07 Å². The fraction of sp³-hybridized carbons (Fsp3) is 0.529. The summed E-state index contributed by atoms with van der Waals surface area (Å²) in [6.07, 6.45) is 2.71. The first-order valence-corrected chi connectivity index (χ1v) is 10.8. The summed E-state index contributed by atoms with van der Waals surface area (Å²) < 4.78 is 0. The number of rotatable bonds is 6. The maximum Gasteiger partial charge on any atom is 0.0743 e. The third-order valence-electron chi connectivity index (χ3n) is 3.77. The van der Waals surface area contributed by atoms with Crippen LogP contribution in [0.2, 0.25) is 19.6 Å². The van der Waals surface area contributed by atoms with Gasteiger partial charge in [-0.1, -0.05) is 62.1 Å². The molecule has 0 aromatic heterocycles. The molecule has 1 nitrogen and oxygen atoms in total. The van der Waals surface area contributed by atoms with Crippen molar-refractivity contribution in [3.05, 3.63) is 46.7 Å². The first kappa shape index (κ1) is 16.2. The second-order valence-electron chi connectivity index (χ2n) is 6.32. The van der Waals surface area contributed by atoms with Gasteiger partial charge in [0.1, 0.15) is 0 Å². The molecule has 0 fully saturated rings. The van der Waals surface area contributed by atoms with E-state index in [9.17, 15) is 5.11 Å². The van der Waals surface area contributed by atoms with Crippen molar-refractivity contribution in [2.75, 3.05) is 0 Å². The monoisotopic (exact) mass is 276 g/mol. The van der Waals surface area contributed by atoms with Crippen LogP contribution in [0, 0.1) is 0 Å². The molecule has 0 saturated heterocycles. The van der Waals surface area contributed by atoms with Crippen LogP contribution < -0.4 is 0 Å². The van der Waals surface area contributed by atoms with Crippen molar-refractivity contribution < 1.29 is 5.11 Å². The molecule has 0 spiro atoms. The molecule has 0 bridgehead atoms. The van der Waals surface area contributed by atoms with Crippen LogP contribution in [-0.2, 0) is 6.42 Å². The van der Waals surface area contributed by atoms with Gasteiger partial charge < -0.3 is 5.11 Å². The van der Waals surface area contributed by atoms with Crippen molar-refractivity contribution in [3.8, 4) is 0 Å². The van der Waals surface area contributed by atoms with Crippen LogP contribution in [0.1, 0.15) is 32.3 Å². The summed E-state index contributed by atoms with van der Waals surface area (Å²) in [5.41, 5.74) is 2.61. The number of benzene rings is 1. The summed E-state index contributed by atoms with van der Waals surface area (Å²) in [5, 5.41) is 11.7. The quantitative estimate of drug-likeness (QED) is 0.754. The Hall–Kier alpha value is -0.863. The maximum absolute atomic E-state index is 10.1. The molecule has 1 aromatic carbocycles. The first-order valence-electron chi connectivity index (χ1n) is 7.28. The third kappa shape index (κ3) is 4.96. The molecule has 1 N–H and O–H groups in total. The van der Waals surface area contributed by atoms with Gasteiger partial charge in [0.2, 0.25) is 0 Å². The molecule has 0 aliphatic rings. The lowest BCUT2D eigenvalue weighted by Crippen LogP contribution is -2.28. The second-order valence-corrected chi connectivity index (χ2v) is 11.4. The zero-order valence-electron chi connectivity index (χ0n) is 13.0.